The van der Waals surface area contributed by atoms with Gasteiger partial charge in [0.05, 0.1) is 12.1 Å². The molecule has 6 heteroatoms. The zero-order valence-corrected chi connectivity index (χ0v) is 11.6. The van der Waals surface area contributed by atoms with Gasteiger partial charge in [0.25, 0.3) is 0 Å². The average Bonchev–Trinajstić information content (AvgIpc) is 3.04. The second-order valence-electron chi connectivity index (χ2n) is 4.74. The van der Waals surface area contributed by atoms with Crippen LogP contribution in [0.5, 0.6) is 0 Å². The lowest BCUT2D eigenvalue weighted by Gasteiger charge is -2.08. The first kappa shape index (κ1) is 13.9. The Morgan fingerprint density at radius 1 is 1.09 bits per heavy atom. The lowest BCUT2D eigenvalue weighted by molar-refractivity contribution is -0.115. The second-order valence-corrected chi connectivity index (χ2v) is 4.74. The van der Waals surface area contributed by atoms with Crippen molar-refractivity contribution >= 4 is 11.6 Å². The Bertz CT molecular complexity index is 786. The molecular weight excluding hydrogens is 283 g/mol. The monoisotopic (exact) mass is 296 g/mol. The Balaban J connectivity index is 1.72. The molecule has 3 rings (SSSR count). The third kappa shape index (κ3) is 3.17. The fourth-order valence-corrected chi connectivity index (χ4v) is 2.10. The standard InChI is InChI=1S/C16H13FN4O/c17-15-7-2-1-4-12(15)8-16(22)20-13-5-3-6-14(9-13)21-10-18-19-11-21/h1-7,9-11H,8H2,(H,20,22). The summed E-state index contributed by atoms with van der Waals surface area (Å²) >= 11 is 0. The highest BCUT2D eigenvalue weighted by atomic mass is 19.1. The van der Waals surface area contributed by atoms with Crippen LogP contribution in [0.3, 0.4) is 0 Å². The predicted octanol–water partition coefficient (Wildman–Crippen LogP) is 2.59. The number of hydrogen-bond donors (Lipinski definition) is 1. The number of nitrogens with one attached hydrogen (secondary N) is 1. The van der Waals surface area contributed by atoms with E-state index >= 15 is 0 Å². The Kier molecular flexibility index (Phi) is 3.91. The Morgan fingerprint density at radius 2 is 1.86 bits per heavy atom. The van der Waals surface area contributed by atoms with E-state index in [4.69, 9.17) is 0 Å². The van der Waals surface area contributed by atoms with Gasteiger partial charge in [-0.3, -0.25) is 9.36 Å². The van der Waals surface area contributed by atoms with E-state index in [0.717, 1.165) is 5.69 Å². The number of halogens is 1. The van der Waals surface area contributed by atoms with Crippen LogP contribution in [0.4, 0.5) is 10.1 Å². The van der Waals surface area contributed by atoms with Gasteiger partial charge in [0.1, 0.15) is 18.5 Å². The summed E-state index contributed by atoms with van der Waals surface area (Å²) in [5, 5.41) is 10.2. The van der Waals surface area contributed by atoms with E-state index in [2.05, 4.69) is 15.5 Å². The van der Waals surface area contributed by atoms with Gasteiger partial charge in [-0.25, -0.2) is 4.39 Å². The molecule has 3 aromatic rings. The normalized spacial score (nSPS) is 10.4. The maximum Gasteiger partial charge on any atom is 0.228 e. The number of carbonyl (C=O) groups is 1. The van der Waals surface area contributed by atoms with E-state index in [1.807, 2.05) is 12.1 Å². The lowest BCUT2D eigenvalue weighted by atomic mass is 10.1. The topological polar surface area (TPSA) is 59.8 Å². The third-order valence-electron chi connectivity index (χ3n) is 3.16. The minimum Gasteiger partial charge on any atom is -0.326 e. The van der Waals surface area contributed by atoms with E-state index in [9.17, 15) is 9.18 Å². The molecule has 0 bridgehead atoms. The van der Waals surface area contributed by atoms with Crippen molar-refractivity contribution in [2.45, 2.75) is 6.42 Å². The molecule has 1 N–H and O–H groups in total. The molecule has 0 atom stereocenters. The van der Waals surface area contributed by atoms with Crippen LogP contribution in [0.15, 0.2) is 61.2 Å². The molecule has 0 saturated carbocycles. The predicted molar refractivity (Wildman–Crippen MR) is 80.1 cm³/mol. The van der Waals surface area contributed by atoms with Crippen LogP contribution >= 0.6 is 0 Å². The van der Waals surface area contributed by atoms with Crippen molar-refractivity contribution in [2.24, 2.45) is 0 Å². The molecule has 110 valence electrons. The molecule has 0 fully saturated rings. The maximum absolute atomic E-state index is 13.5. The molecule has 1 amide bonds. The van der Waals surface area contributed by atoms with E-state index in [0.29, 0.717) is 11.3 Å². The van der Waals surface area contributed by atoms with Crippen molar-refractivity contribution in [3.05, 3.63) is 72.6 Å². The maximum atomic E-state index is 13.5. The molecule has 0 spiro atoms. The number of nitrogens with zero attached hydrogens (tertiary/aromatic N) is 3. The zero-order valence-electron chi connectivity index (χ0n) is 11.6. The molecule has 0 saturated heterocycles. The van der Waals surface area contributed by atoms with Crippen molar-refractivity contribution in [3.63, 3.8) is 0 Å². The minimum atomic E-state index is -0.379. The van der Waals surface area contributed by atoms with Gasteiger partial charge in [-0.1, -0.05) is 24.3 Å². The quantitative estimate of drug-likeness (QED) is 0.805. The molecule has 22 heavy (non-hydrogen) atoms. The highest BCUT2D eigenvalue weighted by Crippen LogP contribution is 2.15. The number of hydrogen-bond acceptors (Lipinski definition) is 3. The van der Waals surface area contributed by atoms with E-state index in [1.165, 1.54) is 6.07 Å². The third-order valence-corrected chi connectivity index (χ3v) is 3.16. The number of benzene rings is 2. The molecule has 0 aliphatic heterocycles. The number of aromatic nitrogens is 3. The second kappa shape index (κ2) is 6.17. The summed E-state index contributed by atoms with van der Waals surface area (Å²) in [7, 11) is 0. The van der Waals surface area contributed by atoms with E-state index < -0.39 is 0 Å². The van der Waals surface area contributed by atoms with Crippen molar-refractivity contribution < 1.29 is 9.18 Å². The molecule has 5 nitrogen and oxygen atoms in total. The molecule has 1 aromatic heterocycles. The highest BCUT2D eigenvalue weighted by Gasteiger charge is 2.08. The number of rotatable bonds is 4. The van der Waals surface area contributed by atoms with Crippen LogP contribution in [-0.2, 0) is 11.2 Å². The Hall–Kier alpha value is -3.02. The number of carbonyl (C=O) groups excluding carboxylic acids is 1. The fourth-order valence-electron chi connectivity index (χ4n) is 2.10. The minimum absolute atomic E-state index is 0.0104. The van der Waals surface area contributed by atoms with Crippen molar-refractivity contribution in [1.29, 1.82) is 0 Å². The van der Waals surface area contributed by atoms with Gasteiger partial charge >= 0.3 is 0 Å². The molecule has 0 radical (unpaired) electrons. The number of amides is 1. The van der Waals surface area contributed by atoms with Crippen LogP contribution < -0.4 is 5.32 Å². The van der Waals surface area contributed by atoms with Gasteiger partial charge in [-0.2, -0.15) is 0 Å². The van der Waals surface area contributed by atoms with Gasteiger partial charge < -0.3 is 5.32 Å². The smallest absolute Gasteiger partial charge is 0.228 e. The van der Waals surface area contributed by atoms with Crippen LogP contribution in [0, 0.1) is 5.82 Å². The first-order valence-electron chi connectivity index (χ1n) is 6.71. The first-order valence-corrected chi connectivity index (χ1v) is 6.71. The molecular formula is C16H13FN4O. The van der Waals surface area contributed by atoms with Crippen molar-refractivity contribution in [3.8, 4) is 5.69 Å². The molecule has 0 unspecified atom stereocenters. The first-order chi connectivity index (χ1) is 10.7. The molecule has 0 aliphatic rings. The van der Waals surface area contributed by atoms with Crippen LogP contribution in [0.25, 0.3) is 5.69 Å². The summed E-state index contributed by atoms with van der Waals surface area (Å²) in [5.41, 5.74) is 1.83. The number of anilines is 1. The summed E-state index contributed by atoms with van der Waals surface area (Å²) < 4.78 is 15.3. The summed E-state index contributed by atoms with van der Waals surface area (Å²) in [4.78, 5) is 12.0. The molecule has 2 aromatic carbocycles. The summed E-state index contributed by atoms with van der Waals surface area (Å²) in [6, 6.07) is 13.5. The van der Waals surface area contributed by atoms with Crippen LogP contribution in [0.2, 0.25) is 0 Å². The van der Waals surface area contributed by atoms with Gasteiger partial charge in [-0.05, 0) is 29.8 Å². The lowest BCUT2D eigenvalue weighted by Crippen LogP contribution is -2.15. The van der Waals surface area contributed by atoms with Gasteiger partial charge in [-0.15, -0.1) is 10.2 Å². The van der Waals surface area contributed by atoms with Gasteiger partial charge in [0, 0.05) is 5.69 Å². The zero-order chi connectivity index (χ0) is 15.4. The van der Waals surface area contributed by atoms with E-state index in [-0.39, 0.29) is 18.1 Å². The van der Waals surface area contributed by atoms with Crippen LogP contribution in [-0.4, -0.2) is 20.7 Å². The Morgan fingerprint density at radius 3 is 2.64 bits per heavy atom. The largest absolute Gasteiger partial charge is 0.326 e. The summed E-state index contributed by atoms with van der Waals surface area (Å²) in [6.45, 7) is 0. The SMILES string of the molecule is O=C(Cc1ccccc1F)Nc1cccc(-n2cnnc2)c1. The van der Waals surface area contributed by atoms with Crippen molar-refractivity contribution in [1.82, 2.24) is 14.8 Å². The summed E-state index contributed by atoms with van der Waals surface area (Å²) in [6.07, 6.45) is 3.13. The van der Waals surface area contributed by atoms with Crippen LogP contribution in [0.1, 0.15) is 5.56 Å². The molecule has 1 heterocycles. The molecule has 0 aliphatic carbocycles. The fraction of sp³-hybridized carbons (Fsp3) is 0.0625. The van der Waals surface area contributed by atoms with Gasteiger partial charge in [0.15, 0.2) is 0 Å². The Labute approximate surface area is 126 Å². The highest BCUT2D eigenvalue weighted by molar-refractivity contribution is 5.92. The van der Waals surface area contributed by atoms with Crippen molar-refractivity contribution in [2.75, 3.05) is 5.32 Å². The summed E-state index contributed by atoms with van der Waals surface area (Å²) in [5.74, 6) is -0.651. The van der Waals surface area contributed by atoms with E-state index in [1.54, 1.807) is 47.6 Å². The average molecular weight is 296 g/mol. The van der Waals surface area contributed by atoms with Gasteiger partial charge in [0.2, 0.25) is 5.91 Å².